The Kier molecular flexibility index (Phi) is 8.09. The molecule has 0 aliphatic heterocycles. The van der Waals surface area contributed by atoms with Crippen LogP contribution in [0.5, 0.6) is 0 Å². The van der Waals surface area contributed by atoms with E-state index in [9.17, 15) is 9.46 Å². The molecule has 4 aromatic carbocycles. The molecular formula is C28H28NO6PS. The molecule has 37 heavy (non-hydrogen) atoms. The van der Waals surface area contributed by atoms with Gasteiger partial charge >= 0.3 is 10.4 Å². The minimum absolute atomic E-state index is 0.0961. The van der Waals surface area contributed by atoms with Crippen LogP contribution < -0.4 is 10.6 Å². The first-order chi connectivity index (χ1) is 17.6. The molecule has 0 heterocycles. The van der Waals surface area contributed by atoms with Crippen molar-refractivity contribution in [2.24, 2.45) is 5.92 Å². The highest BCUT2D eigenvalue weighted by Crippen LogP contribution is 2.63. The van der Waals surface area contributed by atoms with Gasteiger partial charge in [-0.3, -0.25) is 13.7 Å². The van der Waals surface area contributed by atoms with Crippen LogP contribution in [0.1, 0.15) is 28.4 Å². The molecule has 4 N–H and O–H groups in total. The van der Waals surface area contributed by atoms with Crippen LogP contribution in [0, 0.1) is 5.92 Å². The molecule has 5 rings (SSSR count). The normalized spacial score (nSPS) is 19.2. The van der Waals surface area contributed by atoms with Gasteiger partial charge in [0.05, 0.1) is 5.66 Å². The van der Waals surface area contributed by atoms with Crippen LogP contribution in [-0.4, -0.2) is 29.5 Å². The summed E-state index contributed by atoms with van der Waals surface area (Å²) in [5.74, 6) is -0.188. The number of hydrogen-bond donors (Lipinski definition) is 4. The van der Waals surface area contributed by atoms with Crippen molar-refractivity contribution < 1.29 is 27.0 Å². The molecule has 0 fully saturated rings. The second-order valence-corrected chi connectivity index (χ2v) is 11.9. The molecule has 1 aliphatic carbocycles. The maximum absolute atomic E-state index is 14.5. The molecule has 1 aliphatic rings. The summed E-state index contributed by atoms with van der Waals surface area (Å²) in [5, 5.41) is 5.77. The minimum atomic E-state index is -4.67. The van der Waals surface area contributed by atoms with Crippen LogP contribution in [0.3, 0.4) is 0 Å². The van der Waals surface area contributed by atoms with E-state index in [1.165, 1.54) is 0 Å². The van der Waals surface area contributed by atoms with E-state index in [0.717, 1.165) is 27.5 Å². The van der Waals surface area contributed by atoms with Gasteiger partial charge in [0, 0.05) is 17.3 Å². The fraction of sp³-hybridized carbons (Fsp3) is 0.143. The first kappa shape index (κ1) is 26.9. The highest BCUT2D eigenvalue weighted by atomic mass is 32.3. The van der Waals surface area contributed by atoms with Crippen molar-refractivity contribution in [3.8, 4) is 0 Å². The summed E-state index contributed by atoms with van der Waals surface area (Å²) in [5.41, 5.74) is 2.47. The van der Waals surface area contributed by atoms with Crippen molar-refractivity contribution in [2.45, 2.75) is 11.7 Å². The van der Waals surface area contributed by atoms with Crippen LogP contribution in [-0.2, 0) is 15.0 Å². The summed E-state index contributed by atoms with van der Waals surface area (Å²) in [4.78, 5) is 11.9. The predicted molar refractivity (Wildman–Crippen MR) is 148 cm³/mol. The third-order valence-corrected chi connectivity index (χ3v) is 8.98. The van der Waals surface area contributed by atoms with E-state index in [-0.39, 0.29) is 12.0 Å². The molecule has 7 nitrogen and oxygen atoms in total. The minimum Gasteiger partial charge on any atom is -0.341 e. The molecule has 1 unspecified atom stereocenters. The molecular weight excluding hydrogens is 509 g/mol. The van der Waals surface area contributed by atoms with Gasteiger partial charge in [0.1, 0.15) is 0 Å². The van der Waals surface area contributed by atoms with Crippen LogP contribution in [0.15, 0.2) is 103 Å². The van der Waals surface area contributed by atoms with Crippen molar-refractivity contribution in [3.05, 3.63) is 120 Å². The molecule has 0 radical (unpaired) electrons. The van der Waals surface area contributed by atoms with Crippen LogP contribution >= 0.6 is 7.37 Å². The van der Waals surface area contributed by atoms with Gasteiger partial charge in [-0.1, -0.05) is 103 Å². The van der Waals surface area contributed by atoms with E-state index >= 15 is 0 Å². The summed E-state index contributed by atoms with van der Waals surface area (Å²) in [6.07, 6.45) is 4.20. The molecule has 0 amide bonds. The number of fused-ring (bicyclic) bond motifs is 2. The topological polar surface area (TPSA) is 124 Å². The average Bonchev–Trinajstić information content (AvgIpc) is 2.88. The summed E-state index contributed by atoms with van der Waals surface area (Å²) in [6.45, 7) is 0. The van der Waals surface area contributed by atoms with Gasteiger partial charge in [0.15, 0.2) is 0 Å². The Bertz CT molecular complexity index is 1560. The highest BCUT2D eigenvalue weighted by molar-refractivity contribution is 7.79. The predicted octanol–water partition coefficient (Wildman–Crippen LogP) is 5.43. The highest BCUT2D eigenvalue weighted by Gasteiger charge is 2.45. The first-order valence-corrected chi connectivity index (χ1v) is 14.7. The van der Waals surface area contributed by atoms with Crippen LogP contribution in [0.4, 0.5) is 0 Å². The maximum Gasteiger partial charge on any atom is 0.394 e. The lowest BCUT2D eigenvalue weighted by Gasteiger charge is -2.38. The fourth-order valence-corrected chi connectivity index (χ4v) is 7.55. The van der Waals surface area contributed by atoms with E-state index < -0.39 is 23.4 Å². The standard InChI is InChI=1S/C28H26NO2P.H2O4S/c1-29-27(22-12-3-2-4-13-22)25-19-18-21-11-6-8-16-24(21)28(25)32(30,31)26-17-9-14-20-10-5-7-15-23(20)26;1-5(2,3)4/h2-19,25,27-29H,1H3,(H,30,31);(H2,1,2,3,4)/t25-,27+,28+;/m1./s1. The summed E-state index contributed by atoms with van der Waals surface area (Å²) >= 11 is 0. The van der Waals surface area contributed by atoms with Gasteiger partial charge in [-0.2, -0.15) is 8.42 Å². The molecule has 4 atom stereocenters. The molecule has 0 aromatic heterocycles. The number of nitrogens with one attached hydrogen (secondary N) is 1. The average molecular weight is 538 g/mol. The fourth-order valence-electron chi connectivity index (χ4n) is 5.05. The Morgan fingerprint density at radius 3 is 2.14 bits per heavy atom. The Morgan fingerprint density at radius 2 is 1.43 bits per heavy atom. The number of hydrogen-bond acceptors (Lipinski definition) is 4. The summed E-state index contributed by atoms with van der Waals surface area (Å²) in [6, 6.07) is 31.6. The summed E-state index contributed by atoms with van der Waals surface area (Å²) in [7, 11) is -6.58. The third-order valence-electron chi connectivity index (χ3n) is 6.52. The van der Waals surface area contributed by atoms with E-state index in [1.54, 1.807) is 0 Å². The van der Waals surface area contributed by atoms with Crippen molar-refractivity contribution in [1.82, 2.24) is 5.32 Å². The molecule has 0 bridgehead atoms. The van der Waals surface area contributed by atoms with Crippen LogP contribution in [0.2, 0.25) is 0 Å². The third kappa shape index (κ3) is 6.08. The summed E-state index contributed by atoms with van der Waals surface area (Å²) < 4.78 is 46.1. The zero-order chi connectivity index (χ0) is 26.6. The zero-order valence-corrected chi connectivity index (χ0v) is 21.8. The van der Waals surface area contributed by atoms with E-state index in [1.807, 2.05) is 92.0 Å². The maximum atomic E-state index is 14.5. The first-order valence-electron chi connectivity index (χ1n) is 11.6. The largest absolute Gasteiger partial charge is 0.394 e. The quantitative estimate of drug-likeness (QED) is 0.198. The van der Waals surface area contributed by atoms with Gasteiger partial charge in [-0.25, -0.2) is 0 Å². The van der Waals surface area contributed by atoms with Gasteiger partial charge in [-0.05, 0) is 40.6 Å². The Hall–Kier alpha value is -3.10. The monoisotopic (exact) mass is 537 g/mol. The van der Waals surface area contributed by atoms with Crippen molar-refractivity contribution in [3.63, 3.8) is 0 Å². The zero-order valence-electron chi connectivity index (χ0n) is 20.0. The van der Waals surface area contributed by atoms with Crippen LogP contribution in [0.25, 0.3) is 16.8 Å². The Balaban J connectivity index is 0.000000586. The van der Waals surface area contributed by atoms with Gasteiger partial charge in [0.2, 0.25) is 7.37 Å². The van der Waals surface area contributed by atoms with Crippen molar-refractivity contribution in [2.75, 3.05) is 7.05 Å². The van der Waals surface area contributed by atoms with E-state index in [4.69, 9.17) is 17.5 Å². The Morgan fingerprint density at radius 1 is 0.838 bits per heavy atom. The lowest BCUT2D eigenvalue weighted by atomic mass is 9.82. The van der Waals surface area contributed by atoms with Crippen molar-refractivity contribution >= 4 is 39.9 Å². The van der Waals surface area contributed by atoms with E-state index in [0.29, 0.717) is 5.30 Å². The van der Waals surface area contributed by atoms with Gasteiger partial charge < -0.3 is 10.2 Å². The molecule has 9 heteroatoms. The molecule has 0 spiro atoms. The van der Waals surface area contributed by atoms with Gasteiger partial charge in [0.25, 0.3) is 0 Å². The molecule has 192 valence electrons. The lowest BCUT2D eigenvalue weighted by Crippen LogP contribution is -2.32. The second-order valence-electron chi connectivity index (χ2n) is 8.76. The Labute approximate surface area is 216 Å². The second kappa shape index (κ2) is 11.1. The number of benzene rings is 4. The van der Waals surface area contributed by atoms with Crippen molar-refractivity contribution in [1.29, 1.82) is 0 Å². The molecule has 0 saturated heterocycles. The molecule has 4 aromatic rings. The number of rotatable bonds is 5. The lowest BCUT2D eigenvalue weighted by molar-refractivity contribution is 0.380. The van der Waals surface area contributed by atoms with E-state index in [2.05, 4.69) is 29.6 Å². The smallest absolute Gasteiger partial charge is 0.341 e. The molecule has 0 saturated carbocycles. The SMILES string of the molecule is CN[C@@H](c1ccccc1)[C@H]1C=Cc2ccccc2[C@@H]1P(=O)(O)c1cccc2ccccc12.O=S(=O)(O)O. The van der Waals surface area contributed by atoms with Gasteiger partial charge in [-0.15, -0.1) is 0 Å².